The van der Waals surface area contributed by atoms with E-state index in [1.54, 1.807) is 54.7 Å². The number of rotatable bonds is 3. The lowest BCUT2D eigenvalue weighted by Gasteiger charge is -2.13. The molecule has 1 N–H and O–H groups in total. The van der Waals surface area contributed by atoms with Crippen LogP contribution in [0.4, 0.5) is 18.9 Å². The summed E-state index contributed by atoms with van der Waals surface area (Å²) in [5.41, 5.74) is -0.680. The zero-order valence-corrected chi connectivity index (χ0v) is 14.3. The number of para-hydroxylation sites is 2. The van der Waals surface area contributed by atoms with Crippen molar-refractivity contribution < 1.29 is 18.0 Å². The van der Waals surface area contributed by atoms with Crippen LogP contribution in [-0.2, 0) is 6.18 Å². The number of benzene rings is 2. The Morgan fingerprint density at radius 1 is 0.964 bits per heavy atom. The number of nitrogens with zero attached hydrogens (tertiary/aromatic N) is 3. The van der Waals surface area contributed by atoms with Crippen LogP contribution < -0.4 is 5.32 Å². The Bertz CT molecular complexity index is 1150. The van der Waals surface area contributed by atoms with Gasteiger partial charge in [-0.15, -0.1) is 0 Å². The van der Waals surface area contributed by atoms with Crippen molar-refractivity contribution >= 4 is 22.5 Å². The molecule has 0 unspecified atom stereocenters. The Balaban J connectivity index is 1.77. The van der Waals surface area contributed by atoms with E-state index in [0.29, 0.717) is 11.2 Å². The maximum atomic E-state index is 13.7. The lowest BCUT2D eigenvalue weighted by molar-refractivity contribution is -0.143. The summed E-state index contributed by atoms with van der Waals surface area (Å²) in [4.78, 5) is 16.9. The van der Waals surface area contributed by atoms with Crippen LogP contribution in [0.5, 0.6) is 0 Å². The molecule has 28 heavy (non-hydrogen) atoms. The van der Waals surface area contributed by atoms with Gasteiger partial charge in [-0.1, -0.05) is 36.4 Å². The van der Waals surface area contributed by atoms with Crippen molar-refractivity contribution in [1.29, 1.82) is 0 Å². The number of amides is 1. The highest BCUT2D eigenvalue weighted by atomic mass is 19.4. The van der Waals surface area contributed by atoms with E-state index < -0.39 is 23.3 Å². The van der Waals surface area contributed by atoms with Crippen LogP contribution >= 0.6 is 0 Å². The normalized spacial score (nSPS) is 11.5. The number of nitrogens with one attached hydrogen (secondary N) is 1. The number of fused-ring (bicyclic) bond motifs is 1. The summed E-state index contributed by atoms with van der Waals surface area (Å²) in [6.07, 6.45) is -2.30. The number of aromatic nitrogens is 3. The molecule has 1 amide bonds. The number of halogens is 3. The molecule has 0 fully saturated rings. The number of hydrogen-bond donors (Lipinski definition) is 1. The number of carbonyl (C=O) groups excluding carboxylic acids is 1. The Hall–Kier alpha value is -3.68. The fraction of sp³-hybridized carbons (Fsp3) is 0.0500. The van der Waals surface area contributed by atoms with Crippen molar-refractivity contribution in [2.24, 2.45) is 0 Å². The molecule has 0 aliphatic rings. The van der Waals surface area contributed by atoms with Crippen molar-refractivity contribution in [2.75, 3.05) is 5.32 Å². The Labute approximate surface area is 157 Å². The molecule has 4 aromatic rings. The molecule has 140 valence electrons. The highest BCUT2D eigenvalue weighted by Gasteiger charge is 2.40. The fourth-order valence-corrected chi connectivity index (χ4v) is 2.95. The summed E-state index contributed by atoms with van der Waals surface area (Å²) < 4.78 is 41.9. The average Bonchev–Trinajstić information content (AvgIpc) is 3.15. The molecular formula is C20H13F3N4O. The molecule has 0 aliphatic carbocycles. The Morgan fingerprint density at radius 2 is 1.71 bits per heavy atom. The third-order valence-electron chi connectivity index (χ3n) is 4.16. The van der Waals surface area contributed by atoms with E-state index in [0.717, 1.165) is 16.3 Å². The second-order valence-corrected chi connectivity index (χ2v) is 5.99. The first-order valence-corrected chi connectivity index (χ1v) is 8.31. The number of carbonyl (C=O) groups is 1. The minimum atomic E-state index is -4.77. The molecule has 0 bridgehead atoms. The van der Waals surface area contributed by atoms with Gasteiger partial charge in [0.1, 0.15) is 0 Å². The predicted molar refractivity (Wildman–Crippen MR) is 98.3 cm³/mol. The zero-order valence-electron chi connectivity index (χ0n) is 14.3. The van der Waals surface area contributed by atoms with Crippen molar-refractivity contribution in [3.05, 3.63) is 84.3 Å². The molecule has 8 heteroatoms. The number of pyridine rings is 1. The summed E-state index contributed by atoms with van der Waals surface area (Å²) >= 11 is 0. The first kappa shape index (κ1) is 17.7. The highest BCUT2D eigenvalue weighted by Crippen LogP contribution is 2.34. The van der Waals surface area contributed by atoms with Crippen molar-refractivity contribution in [3.63, 3.8) is 0 Å². The van der Waals surface area contributed by atoms with E-state index >= 15 is 0 Å². The summed E-state index contributed by atoms with van der Waals surface area (Å²) in [5.74, 6) is -0.910. The van der Waals surface area contributed by atoms with Gasteiger partial charge in [-0.2, -0.15) is 18.3 Å². The molecule has 0 atom stereocenters. The van der Waals surface area contributed by atoms with Gasteiger partial charge in [0.05, 0.1) is 28.7 Å². The second kappa shape index (κ2) is 6.80. The summed E-state index contributed by atoms with van der Waals surface area (Å²) in [6.45, 7) is 0. The smallest absolute Gasteiger partial charge is 0.320 e. The van der Waals surface area contributed by atoms with Crippen LogP contribution in [0.25, 0.3) is 16.6 Å². The van der Waals surface area contributed by atoms with Crippen LogP contribution in [0.1, 0.15) is 16.1 Å². The maximum Gasteiger partial charge on any atom is 0.434 e. The fourth-order valence-electron chi connectivity index (χ4n) is 2.95. The molecule has 4 rings (SSSR count). The van der Waals surface area contributed by atoms with Crippen molar-refractivity contribution in [1.82, 2.24) is 14.8 Å². The molecular weight excluding hydrogens is 369 g/mol. The van der Waals surface area contributed by atoms with E-state index in [1.807, 2.05) is 0 Å². The first-order valence-electron chi connectivity index (χ1n) is 8.31. The summed E-state index contributed by atoms with van der Waals surface area (Å²) in [7, 11) is 0. The third-order valence-corrected chi connectivity index (χ3v) is 4.16. The lowest BCUT2D eigenvalue weighted by Crippen LogP contribution is -2.20. The van der Waals surface area contributed by atoms with E-state index in [4.69, 9.17) is 0 Å². The molecule has 0 aliphatic heterocycles. The second-order valence-electron chi connectivity index (χ2n) is 5.99. The van der Waals surface area contributed by atoms with Gasteiger partial charge in [0, 0.05) is 11.6 Å². The molecule has 0 radical (unpaired) electrons. The molecule has 2 aromatic carbocycles. The largest absolute Gasteiger partial charge is 0.434 e. The average molecular weight is 382 g/mol. The third kappa shape index (κ3) is 3.20. The minimum absolute atomic E-state index is 0.209. The quantitative estimate of drug-likeness (QED) is 0.559. The van der Waals surface area contributed by atoms with Crippen molar-refractivity contribution in [3.8, 4) is 5.69 Å². The van der Waals surface area contributed by atoms with E-state index in [1.165, 1.54) is 12.1 Å². The zero-order chi connectivity index (χ0) is 19.7. The number of alkyl halides is 3. The molecule has 2 aromatic heterocycles. The lowest BCUT2D eigenvalue weighted by atomic mass is 10.1. The SMILES string of the molecule is O=C(Nc1cccc2cccnc12)c1cnn(-c2ccccc2)c1C(F)(F)F. The van der Waals surface area contributed by atoms with Gasteiger partial charge in [-0.05, 0) is 24.3 Å². The van der Waals surface area contributed by atoms with Crippen molar-refractivity contribution in [2.45, 2.75) is 6.18 Å². The van der Waals surface area contributed by atoms with Gasteiger partial charge in [-0.25, -0.2) is 4.68 Å². The van der Waals surface area contributed by atoms with Gasteiger partial charge >= 0.3 is 6.18 Å². The van der Waals surface area contributed by atoms with Crippen LogP contribution in [-0.4, -0.2) is 20.7 Å². The Kier molecular flexibility index (Phi) is 4.31. The molecule has 0 saturated heterocycles. The van der Waals surface area contributed by atoms with Crippen LogP contribution in [0.3, 0.4) is 0 Å². The monoisotopic (exact) mass is 382 g/mol. The van der Waals surface area contributed by atoms with Gasteiger partial charge in [-0.3, -0.25) is 9.78 Å². The van der Waals surface area contributed by atoms with E-state index in [2.05, 4.69) is 15.4 Å². The minimum Gasteiger partial charge on any atom is -0.320 e. The topological polar surface area (TPSA) is 59.8 Å². The number of hydrogen-bond acceptors (Lipinski definition) is 3. The molecule has 2 heterocycles. The van der Waals surface area contributed by atoms with Gasteiger partial charge in [0.15, 0.2) is 5.69 Å². The standard InChI is InChI=1S/C20H13F3N4O/c21-20(22,23)18-15(12-25-27(18)14-8-2-1-3-9-14)19(28)26-16-10-4-6-13-7-5-11-24-17(13)16/h1-12H,(H,26,28). The van der Waals surface area contributed by atoms with Crippen LogP contribution in [0.2, 0.25) is 0 Å². The number of anilines is 1. The summed E-state index contributed by atoms with van der Waals surface area (Å²) in [5, 5.41) is 7.08. The molecule has 0 saturated carbocycles. The van der Waals surface area contributed by atoms with E-state index in [-0.39, 0.29) is 5.69 Å². The van der Waals surface area contributed by atoms with Crippen LogP contribution in [0.15, 0.2) is 73.1 Å². The summed E-state index contributed by atoms with van der Waals surface area (Å²) in [6, 6.07) is 16.5. The molecule has 5 nitrogen and oxygen atoms in total. The molecule has 0 spiro atoms. The maximum absolute atomic E-state index is 13.7. The van der Waals surface area contributed by atoms with Gasteiger partial charge in [0.25, 0.3) is 5.91 Å². The Morgan fingerprint density at radius 3 is 2.46 bits per heavy atom. The van der Waals surface area contributed by atoms with E-state index in [9.17, 15) is 18.0 Å². The van der Waals surface area contributed by atoms with Gasteiger partial charge in [0.2, 0.25) is 0 Å². The van der Waals surface area contributed by atoms with Gasteiger partial charge < -0.3 is 5.32 Å². The highest BCUT2D eigenvalue weighted by molar-refractivity contribution is 6.08. The van der Waals surface area contributed by atoms with Crippen LogP contribution in [0, 0.1) is 0 Å². The first-order chi connectivity index (χ1) is 13.4. The predicted octanol–water partition coefficient (Wildman–Crippen LogP) is 4.69.